The topological polar surface area (TPSA) is 94.3 Å². The van der Waals surface area contributed by atoms with Crippen molar-refractivity contribution in [2.45, 2.75) is 17.9 Å². The molecule has 112 valence electrons. The third-order valence-electron chi connectivity index (χ3n) is 2.91. The van der Waals surface area contributed by atoms with Crippen molar-refractivity contribution in [1.29, 1.82) is 0 Å². The summed E-state index contributed by atoms with van der Waals surface area (Å²) in [7, 11) is -3.54. The zero-order valence-corrected chi connectivity index (χ0v) is 12.2. The van der Waals surface area contributed by atoms with Crippen molar-refractivity contribution in [3.63, 3.8) is 0 Å². The Balaban J connectivity index is 2.02. The fraction of sp³-hybridized carbons (Fsp3) is 0.214. The van der Waals surface area contributed by atoms with Crippen molar-refractivity contribution in [3.05, 3.63) is 59.9 Å². The molecular weight excluding hydrogens is 290 g/mol. The van der Waals surface area contributed by atoms with E-state index in [4.69, 9.17) is 5.90 Å². The van der Waals surface area contributed by atoms with Gasteiger partial charge in [0.2, 0.25) is 10.0 Å². The molecule has 0 saturated carbocycles. The average molecular weight is 307 g/mol. The Morgan fingerprint density at radius 2 is 1.90 bits per heavy atom. The minimum atomic E-state index is -3.54. The molecule has 2 aromatic rings. The zero-order chi connectivity index (χ0) is 15.1. The second-order valence-electron chi connectivity index (χ2n) is 4.41. The SMILES string of the molecule is NOCCc1ccc(S(=O)(=O)NCc2ccccn2)cc1. The molecule has 6 nitrogen and oxygen atoms in total. The van der Waals surface area contributed by atoms with Crippen LogP contribution in [0.2, 0.25) is 0 Å². The summed E-state index contributed by atoms with van der Waals surface area (Å²) in [6.45, 7) is 0.552. The van der Waals surface area contributed by atoms with Crippen molar-refractivity contribution in [3.8, 4) is 0 Å². The maximum atomic E-state index is 12.1. The molecular formula is C14H17N3O3S. The second-order valence-corrected chi connectivity index (χ2v) is 6.18. The van der Waals surface area contributed by atoms with Gasteiger partial charge in [-0.15, -0.1) is 0 Å². The maximum Gasteiger partial charge on any atom is 0.240 e. The van der Waals surface area contributed by atoms with Crippen LogP contribution in [0, 0.1) is 0 Å². The molecule has 2 rings (SSSR count). The molecule has 0 radical (unpaired) electrons. The standard InChI is InChI=1S/C14H17N3O3S/c15-20-10-8-12-4-6-14(7-5-12)21(18,19)17-11-13-3-1-2-9-16-13/h1-7,9,17H,8,10-11,15H2. The lowest BCUT2D eigenvalue weighted by Gasteiger charge is -2.07. The molecule has 7 heteroatoms. The van der Waals surface area contributed by atoms with Crippen LogP contribution in [-0.2, 0) is 27.8 Å². The molecule has 0 amide bonds. The van der Waals surface area contributed by atoms with Crippen molar-refractivity contribution in [2.24, 2.45) is 5.90 Å². The molecule has 0 bridgehead atoms. The summed E-state index contributed by atoms with van der Waals surface area (Å²) in [6, 6.07) is 12.0. The van der Waals surface area contributed by atoms with Gasteiger partial charge in [-0.05, 0) is 36.2 Å². The van der Waals surface area contributed by atoms with E-state index in [1.54, 1.807) is 42.6 Å². The number of rotatable bonds is 7. The highest BCUT2D eigenvalue weighted by Crippen LogP contribution is 2.11. The van der Waals surface area contributed by atoms with E-state index >= 15 is 0 Å². The molecule has 0 aliphatic carbocycles. The lowest BCUT2D eigenvalue weighted by molar-refractivity contribution is 0.141. The molecule has 1 heterocycles. The van der Waals surface area contributed by atoms with Gasteiger partial charge >= 0.3 is 0 Å². The largest absolute Gasteiger partial charge is 0.304 e. The van der Waals surface area contributed by atoms with E-state index in [9.17, 15) is 8.42 Å². The van der Waals surface area contributed by atoms with E-state index in [0.29, 0.717) is 18.7 Å². The summed E-state index contributed by atoms with van der Waals surface area (Å²) in [5.74, 6) is 4.96. The lowest BCUT2D eigenvalue weighted by atomic mass is 10.2. The van der Waals surface area contributed by atoms with Crippen LogP contribution in [0.15, 0.2) is 53.6 Å². The third kappa shape index (κ3) is 4.61. The highest BCUT2D eigenvalue weighted by Gasteiger charge is 2.13. The predicted molar refractivity (Wildman–Crippen MR) is 78.5 cm³/mol. The van der Waals surface area contributed by atoms with Crippen LogP contribution in [-0.4, -0.2) is 20.0 Å². The quantitative estimate of drug-likeness (QED) is 0.744. The number of nitrogens with two attached hydrogens (primary N) is 1. The Morgan fingerprint density at radius 3 is 2.52 bits per heavy atom. The first-order valence-corrected chi connectivity index (χ1v) is 7.90. The highest BCUT2D eigenvalue weighted by molar-refractivity contribution is 7.89. The van der Waals surface area contributed by atoms with Crippen molar-refractivity contribution >= 4 is 10.0 Å². The van der Waals surface area contributed by atoms with Gasteiger partial charge in [-0.2, -0.15) is 0 Å². The van der Waals surface area contributed by atoms with E-state index in [2.05, 4.69) is 14.5 Å². The summed E-state index contributed by atoms with van der Waals surface area (Å²) in [5.41, 5.74) is 1.63. The van der Waals surface area contributed by atoms with Gasteiger partial charge in [-0.3, -0.25) is 4.98 Å². The summed E-state index contributed by atoms with van der Waals surface area (Å²) in [4.78, 5) is 8.78. The molecule has 0 atom stereocenters. The minimum Gasteiger partial charge on any atom is -0.304 e. The van der Waals surface area contributed by atoms with E-state index in [-0.39, 0.29) is 11.4 Å². The van der Waals surface area contributed by atoms with Crippen LogP contribution < -0.4 is 10.6 Å². The van der Waals surface area contributed by atoms with E-state index in [1.165, 1.54) is 0 Å². The number of hydrogen-bond donors (Lipinski definition) is 2. The molecule has 3 N–H and O–H groups in total. The third-order valence-corrected chi connectivity index (χ3v) is 4.33. The van der Waals surface area contributed by atoms with E-state index < -0.39 is 10.0 Å². The van der Waals surface area contributed by atoms with Crippen LogP contribution in [0.1, 0.15) is 11.3 Å². The van der Waals surface area contributed by atoms with Gasteiger partial charge < -0.3 is 4.84 Å². The molecule has 0 aliphatic heterocycles. The summed E-state index contributed by atoms with van der Waals surface area (Å²) >= 11 is 0. The second kappa shape index (κ2) is 7.28. The Kier molecular flexibility index (Phi) is 5.40. The number of sulfonamides is 1. The Hall–Kier alpha value is -1.80. The zero-order valence-electron chi connectivity index (χ0n) is 11.4. The number of aromatic nitrogens is 1. The smallest absolute Gasteiger partial charge is 0.240 e. The van der Waals surface area contributed by atoms with Gasteiger partial charge in [0, 0.05) is 6.20 Å². The van der Waals surface area contributed by atoms with Gasteiger partial charge in [0.15, 0.2) is 0 Å². The van der Waals surface area contributed by atoms with Crippen LogP contribution in [0.4, 0.5) is 0 Å². The number of pyridine rings is 1. The summed E-state index contributed by atoms with van der Waals surface area (Å²) in [5, 5.41) is 0. The lowest BCUT2D eigenvalue weighted by Crippen LogP contribution is -2.23. The first-order chi connectivity index (χ1) is 10.1. The fourth-order valence-corrected chi connectivity index (χ4v) is 2.77. The fourth-order valence-electron chi connectivity index (χ4n) is 1.77. The summed E-state index contributed by atoms with van der Waals surface area (Å²) in [6.07, 6.45) is 2.26. The van der Waals surface area contributed by atoms with Gasteiger partial charge in [-0.1, -0.05) is 18.2 Å². The van der Waals surface area contributed by atoms with E-state index in [1.807, 2.05) is 6.07 Å². The Bertz CT molecular complexity index is 658. The van der Waals surface area contributed by atoms with Crippen LogP contribution >= 0.6 is 0 Å². The molecule has 21 heavy (non-hydrogen) atoms. The molecule has 0 unspecified atom stereocenters. The van der Waals surface area contributed by atoms with Crippen LogP contribution in [0.3, 0.4) is 0 Å². The number of hydrogen-bond acceptors (Lipinski definition) is 5. The molecule has 0 spiro atoms. The van der Waals surface area contributed by atoms with Gasteiger partial charge in [-0.25, -0.2) is 19.0 Å². The monoisotopic (exact) mass is 307 g/mol. The van der Waals surface area contributed by atoms with Crippen LogP contribution in [0.25, 0.3) is 0 Å². The van der Waals surface area contributed by atoms with Gasteiger partial charge in [0.05, 0.1) is 23.7 Å². The average Bonchev–Trinajstić information content (AvgIpc) is 2.52. The normalized spacial score (nSPS) is 11.5. The number of benzene rings is 1. The molecule has 1 aromatic carbocycles. The Morgan fingerprint density at radius 1 is 1.14 bits per heavy atom. The highest BCUT2D eigenvalue weighted by atomic mass is 32.2. The van der Waals surface area contributed by atoms with Crippen molar-refractivity contribution in [1.82, 2.24) is 9.71 Å². The van der Waals surface area contributed by atoms with E-state index in [0.717, 1.165) is 5.56 Å². The first kappa shape index (κ1) is 15.6. The van der Waals surface area contributed by atoms with Crippen LogP contribution in [0.5, 0.6) is 0 Å². The molecule has 0 fully saturated rings. The molecule has 0 saturated heterocycles. The molecule has 1 aromatic heterocycles. The predicted octanol–water partition coefficient (Wildman–Crippen LogP) is 0.993. The Labute approximate surface area is 124 Å². The maximum absolute atomic E-state index is 12.1. The first-order valence-electron chi connectivity index (χ1n) is 6.42. The number of nitrogens with one attached hydrogen (secondary N) is 1. The minimum absolute atomic E-state index is 0.159. The van der Waals surface area contributed by atoms with Gasteiger partial charge in [0.1, 0.15) is 0 Å². The summed E-state index contributed by atoms with van der Waals surface area (Å²) < 4.78 is 26.8. The number of nitrogens with zero attached hydrogens (tertiary/aromatic N) is 1. The molecule has 0 aliphatic rings. The van der Waals surface area contributed by atoms with Gasteiger partial charge in [0.25, 0.3) is 0 Å². The van der Waals surface area contributed by atoms with Crippen molar-refractivity contribution in [2.75, 3.05) is 6.61 Å². The van der Waals surface area contributed by atoms with Crippen molar-refractivity contribution < 1.29 is 13.3 Å².